The molecular weight excluding hydrogens is 328 g/mol. The fraction of sp³-hybridized carbons (Fsp3) is 0.400. The number of hydrogen-bond donors (Lipinski definition) is 2. The summed E-state index contributed by atoms with van der Waals surface area (Å²) in [6, 6.07) is 9.51. The minimum Gasteiger partial charge on any atom is -0.497 e. The molecule has 0 spiro atoms. The van der Waals surface area contributed by atoms with E-state index in [1.54, 1.807) is 13.3 Å². The third kappa shape index (κ3) is 5.37. The molecule has 26 heavy (non-hydrogen) atoms. The first-order valence-electron chi connectivity index (χ1n) is 8.77. The summed E-state index contributed by atoms with van der Waals surface area (Å²) in [6.45, 7) is 9.66. The van der Waals surface area contributed by atoms with Crippen LogP contribution < -0.4 is 15.5 Å². The van der Waals surface area contributed by atoms with Gasteiger partial charge in [0, 0.05) is 35.2 Å². The molecule has 140 valence electrons. The zero-order valence-electron chi connectivity index (χ0n) is 16.2. The number of nitrogens with zero attached hydrogens (tertiary/aromatic N) is 2. The molecule has 0 fully saturated rings. The van der Waals surface area contributed by atoms with Gasteiger partial charge in [-0.15, -0.1) is 0 Å². The highest BCUT2D eigenvalue weighted by atomic mass is 16.5. The van der Waals surface area contributed by atoms with Gasteiger partial charge >= 0.3 is 0 Å². The van der Waals surface area contributed by atoms with Gasteiger partial charge in [-0.25, -0.2) is 5.43 Å². The molecule has 2 N–H and O–H groups in total. The lowest BCUT2D eigenvalue weighted by molar-refractivity contribution is -0.119. The molecule has 0 unspecified atom stereocenters. The monoisotopic (exact) mass is 356 g/mol. The van der Waals surface area contributed by atoms with Crippen molar-refractivity contribution in [3.05, 3.63) is 47.3 Å². The van der Waals surface area contributed by atoms with E-state index < -0.39 is 0 Å². The van der Waals surface area contributed by atoms with Crippen molar-refractivity contribution in [3.8, 4) is 5.75 Å². The molecule has 0 aliphatic heterocycles. The lowest BCUT2D eigenvalue weighted by Crippen LogP contribution is -2.25. The molecule has 0 bridgehead atoms. The van der Waals surface area contributed by atoms with Crippen LogP contribution in [0.5, 0.6) is 5.75 Å². The number of amides is 1. The summed E-state index contributed by atoms with van der Waals surface area (Å²) in [5, 5.41) is 7.12. The SMILES string of the molecule is COc1cccc(NCC(=O)N/N=C\c2cc(C)n(CC(C)C)c2C)c1. The Bertz CT molecular complexity index is 778. The third-order valence-corrected chi connectivity index (χ3v) is 4.08. The zero-order valence-corrected chi connectivity index (χ0v) is 16.2. The van der Waals surface area contributed by atoms with Crippen molar-refractivity contribution in [2.75, 3.05) is 19.0 Å². The van der Waals surface area contributed by atoms with Gasteiger partial charge in [-0.2, -0.15) is 5.10 Å². The molecule has 0 radical (unpaired) electrons. The average molecular weight is 356 g/mol. The van der Waals surface area contributed by atoms with Crippen LogP contribution in [0.1, 0.15) is 30.8 Å². The van der Waals surface area contributed by atoms with E-state index in [1.165, 1.54) is 5.69 Å². The van der Waals surface area contributed by atoms with Crippen LogP contribution in [0, 0.1) is 19.8 Å². The van der Waals surface area contributed by atoms with E-state index in [0.717, 1.165) is 29.2 Å². The molecule has 1 amide bonds. The quantitative estimate of drug-likeness (QED) is 0.563. The Labute approximate surface area is 155 Å². The number of aromatic nitrogens is 1. The van der Waals surface area contributed by atoms with Crippen LogP contribution >= 0.6 is 0 Å². The number of nitrogens with one attached hydrogen (secondary N) is 2. The molecule has 6 nitrogen and oxygen atoms in total. The van der Waals surface area contributed by atoms with Crippen LogP contribution in [0.15, 0.2) is 35.4 Å². The molecule has 0 aliphatic carbocycles. The van der Waals surface area contributed by atoms with Crippen molar-refractivity contribution >= 4 is 17.8 Å². The van der Waals surface area contributed by atoms with Crippen LogP contribution in [-0.2, 0) is 11.3 Å². The molecule has 2 aromatic rings. The van der Waals surface area contributed by atoms with Crippen LogP contribution in [0.25, 0.3) is 0 Å². The summed E-state index contributed by atoms with van der Waals surface area (Å²) in [7, 11) is 1.61. The second-order valence-electron chi connectivity index (χ2n) is 6.71. The molecule has 0 aliphatic rings. The lowest BCUT2D eigenvalue weighted by Gasteiger charge is -2.11. The molecule has 2 rings (SSSR count). The zero-order chi connectivity index (χ0) is 19.1. The maximum atomic E-state index is 11.9. The van der Waals surface area contributed by atoms with Crippen molar-refractivity contribution in [2.45, 2.75) is 34.2 Å². The van der Waals surface area contributed by atoms with Gasteiger partial charge in [0.2, 0.25) is 0 Å². The number of carbonyl (C=O) groups is 1. The Hall–Kier alpha value is -2.76. The number of methoxy groups -OCH3 is 1. The summed E-state index contributed by atoms with van der Waals surface area (Å²) in [5.74, 6) is 1.11. The van der Waals surface area contributed by atoms with Crippen molar-refractivity contribution < 1.29 is 9.53 Å². The highest BCUT2D eigenvalue weighted by Gasteiger charge is 2.08. The maximum Gasteiger partial charge on any atom is 0.259 e. The van der Waals surface area contributed by atoms with Crippen molar-refractivity contribution in [1.82, 2.24) is 9.99 Å². The highest BCUT2D eigenvalue weighted by molar-refractivity contribution is 5.85. The van der Waals surface area contributed by atoms with Gasteiger partial charge in [-0.3, -0.25) is 4.79 Å². The Morgan fingerprint density at radius 3 is 2.77 bits per heavy atom. The summed E-state index contributed by atoms with van der Waals surface area (Å²) >= 11 is 0. The summed E-state index contributed by atoms with van der Waals surface area (Å²) in [6.07, 6.45) is 1.70. The molecular formula is C20H28N4O2. The summed E-state index contributed by atoms with van der Waals surface area (Å²) in [5.41, 5.74) is 6.75. The van der Waals surface area contributed by atoms with Gasteiger partial charge in [-0.05, 0) is 38.0 Å². The highest BCUT2D eigenvalue weighted by Crippen LogP contribution is 2.16. The molecule has 0 saturated heterocycles. The molecule has 0 atom stereocenters. The standard InChI is InChI=1S/C20H28N4O2/c1-14(2)13-24-15(3)9-17(16(24)4)11-22-23-20(25)12-21-18-7-6-8-19(10-18)26-5/h6-11,14,21H,12-13H2,1-5H3,(H,23,25)/b22-11-. The third-order valence-electron chi connectivity index (χ3n) is 4.08. The molecule has 0 saturated carbocycles. The topological polar surface area (TPSA) is 67.7 Å². The lowest BCUT2D eigenvalue weighted by atomic mass is 10.2. The maximum absolute atomic E-state index is 11.9. The van der Waals surface area contributed by atoms with Gasteiger partial charge in [-0.1, -0.05) is 19.9 Å². The van der Waals surface area contributed by atoms with E-state index in [1.807, 2.05) is 24.3 Å². The molecule has 6 heteroatoms. The Morgan fingerprint density at radius 1 is 1.31 bits per heavy atom. The van der Waals surface area contributed by atoms with E-state index in [-0.39, 0.29) is 12.5 Å². The smallest absolute Gasteiger partial charge is 0.259 e. The normalized spacial score (nSPS) is 11.2. The fourth-order valence-corrected chi connectivity index (χ4v) is 2.73. The predicted octanol–water partition coefficient (Wildman–Crippen LogP) is 3.33. The van der Waals surface area contributed by atoms with Crippen molar-refractivity contribution in [2.24, 2.45) is 11.0 Å². The van der Waals surface area contributed by atoms with Crippen LogP contribution in [-0.4, -0.2) is 30.3 Å². The van der Waals surface area contributed by atoms with Gasteiger partial charge < -0.3 is 14.6 Å². The minimum atomic E-state index is -0.208. The number of rotatable bonds is 8. The first-order chi connectivity index (χ1) is 12.4. The first-order valence-corrected chi connectivity index (χ1v) is 8.77. The Kier molecular flexibility index (Phi) is 6.83. The number of hydrazone groups is 1. The molecule has 1 heterocycles. The van der Waals surface area contributed by atoms with Gasteiger partial charge in [0.15, 0.2) is 0 Å². The predicted molar refractivity (Wildman–Crippen MR) is 106 cm³/mol. The number of hydrogen-bond acceptors (Lipinski definition) is 4. The summed E-state index contributed by atoms with van der Waals surface area (Å²) in [4.78, 5) is 11.9. The van der Waals surface area contributed by atoms with Gasteiger partial charge in [0.05, 0.1) is 19.9 Å². The molecule has 1 aromatic heterocycles. The number of aryl methyl sites for hydroxylation is 1. The van der Waals surface area contributed by atoms with E-state index in [4.69, 9.17) is 4.74 Å². The number of benzene rings is 1. The Morgan fingerprint density at radius 2 is 2.08 bits per heavy atom. The average Bonchev–Trinajstić information content (AvgIpc) is 2.87. The summed E-state index contributed by atoms with van der Waals surface area (Å²) < 4.78 is 7.43. The van der Waals surface area contributed by atoms with Gasteiger partial charge in [0.1, 0.15) is 5.75 Å². The van der Waals surface area contributed by atoms with Crippen LogP contribution in [0.3, 0.4) is 0 Å². The second kappa shape index (κ2) is 9.08. The molecule has 1 aromatic carbocycles. The van der Waals surface area contributed by atoms with E-state index >= 15 is 0 Å². The van der Waals surface area contributed by atoms with Crippen molar-refractivity contribution in [3.63, 3.8) is 0 Å². The number of ether oxygens (including phenoxy) is 1. The van der Waals surface area contributed by atoms with Crippen LogP contribution in [0.2, 0.25) is 0 Å². The number of anilines is 1. The van der Waals surface area contributed by atoms with E-state index in [9.17, 15) is 4.79 Å². The fourth-order valence-electron chi connectivity index (χ4n) is 2.73. The second-order valence-corrected chi connectivity index (χ2v) is 6.71. The largest absolute Gasteiger partial charge is 0.497 e. The van der Waals surface area contributed by atoms with Crippen LogP contribution in [0.4, 0.5) is 5.69 Å². The van der Waals surface area contributed by atoms with E-state index in [2.05, 4.69) is 54.2 Å². The van der Waals surface area contributed by atoms with Crippen molar-refractivity contribution in [1.29, 1.82) is 0 Å². The van der Waals surface area contributed by atoms with Gasteiger partial charge in [0.25, 0.3) is 5.91 Å². The minimum absolute atomic E-state index is 0.136. The number of carbonyl (C=O) groups excluding carboxylic acids is 1. The Balaban J connectivity index is 1.88. The van der Waals surface area contributed by atoms with E-state index in [0.29, 0.717) is 5.92 Å². The first kappa shape index (κ1) is 19.6.